The summed E-state index contributed by atoms with van der Waals surface area (Å²) >= 11 is 0. The molecule has 0 aromatic carbocycles. The van der Waals surface area contributed by atoms with Gasteiger partial charge in [0.15, 0.2) is 5.96 Å². The summed E-state index contributed by atoms with van der Waals surface area (Å²) in [4.78, 5) is 10.9. The highest BCUT2D eigenvalue weighted by molar-refractivity contribution is 5.84. The molecule has 2 heterocycles. The second-order valence-electron chi connectivity index (χ2n) is 13.8. The van der Waals surface area contributed by atoms with Crippen LogP contribution in [0.15, 0.2) is 4.99 Å². The molecule has 2 aliphatic heterocycles. The van der Waals surface area contributed by atoms with Crippen LogP contribution in [0, 0.1) is 29.1 Å². The molecule has 2 atom stereocenters. The van der Waals surface area contributed by atoms with E-state index in [1.807, 2.05) is 0 Å². The fraction of sp³-hybridized carbons (Fsp3) is 0.967. The molecular weight excluding hydrogens is 402 g/mol. The Morgan fingerprint density at radius 2 is 1.27 bits per heavy atom. The van der Waals surface area contributed by atoms with E-state index in [0.29, 0.717) is 11.5 Å². The summed E-state index contributed by atoms with van der Waals surface area (Å²) in [5, 5.41) is 0. The first kappa shape index (κ1) is 24.0. The smallest absolute Gasteiger partial charge is 0.197 e. The Labute approximate surface area is 205 Å². The normalized spacial score (nSPS) is 34.6. The topological polar surface area (TPSA) is 18.8 Å². The zero-order chi connectivity index (χ0) is 22.8. The highest BCUT2D eigenvalue weighted by atomic mass is 15.5. The van der Waals surface area contributed by atoms with Gasteiger partial charge in [-0.25, -0.2) is 0 Å². The van der Waals surface area contributed by atoms with Crippen molar-refractivity contribution in [2.75, 3.05) is 19.6 Å². The predicted octanol–water partition coefficient (Wildman–Crippen LogP) is 7.50. The molecule has 0 bridgehead atoms. The van der Waals surface area contributed by atoms with Crippen molar-refractivity contribution < 1.29 is 0 Å². The second kappa shape index (κ2) is 10.5. The molecule has 0 unspecified atom stereocenters. The number of fused-ring (bicyclic) bond motifs is 1. The van der Waals surface area contributed by atoms with E-state index in [1.165, 1.54) is 122 Å². The van der Waals surface area contributed by atoms with E-state index in [4.69, 9.17) is 4.99 Å². The van der Waals surface area contributed by atoms with Crippen LogP contribution >= 0.6 is 0 Å². The van der Waals surface area contributed by atoms with Gasteiger partial charge in [-0.05, 0) is 67.6 Å². The van der Waals surface area contributed by atoms with Crippen molar-refractivity contribution in [1.29, 1.82) is 0 Å². The van der Waals surface area contributed by atoms with E-state index in [9.17, 15) is 0 Å². The molecule has 3 nitrogen and oxygen atoms in total. The van der Waals surface area contributed by atoms with Gasteiger partial charge >= 0.3 is 0 Å². The van der Waals surface area contributed by atoms with Crippen LogP contribution in [0.2, 0.25) is 0 Å². The van der Waals surface area contributed by atoms with Gasteiger partial charge in [0.05, 0.1) is 12.6 Å². The number of aliphatic imine (C=N–C) groups is 1. The van der Waals surface area contributed by atoms with E-state index in [0.717, 1.165) is 36.3 Å². The fourth-order valence-corrected chi connectivity index (χ4v) is 8.25. The van der Waals surface area contributed by atoms with Gasteiger partial charge in [0.25, 0.3) is 0 Å². The molecule has 4 fully saturated rings. The van der Waals surface area contributed by atoms with Gasteiger partial charge in [-0.2, -0.15) is 0 Å². The summed E-state index contributed by atoms with van der Waals surface area (Å²) < 4.78 is 0. The van der Waals surface area contributed by atoms with Crippen molar-refractivity contribution in [3.63, 3.8) is 0 Å². The Morgan fingerprint density at radius 3 is 1.85 bits per heavy atom. The van der Waals surface area contributed by atoms with Gasteiger partial charge in [0, 0.05) is 19.1 Å². The number of guanidine groups is 1. The maximum atomic E-state index is 5.26. The van der Waals surface area contributed by atoms with Crippen LogP contribution in [0.3, 0.4) is 0 Å². The summed E-state index contributed by atoms with van der Waals surface area (Å²) in [6.07, 6.45) is 23.4. The first-order valence-corrected chi connectivity index (χ1v) is 15.0. The molecule has 3 saturated carbocycles. The Balaban J connectivity index is 1.23. The van der Waals surface area contributed by atoms with Gasteiger partial charge < -0.3 is 9.80 Å². The number of hydrogen-bond acceptors (Lipinski definition) is 3. The lowest BCUT2D eigenvalue weighted by Gasteiger charge is -2.39. The highest BCUT2D eigenvalue weighted by Crippen LogP contribution is 2.42. The Hall–Kier alpha value is -0.730. The quantitative estimate of drug-likeness (QED) is 0.413. The van der Waals surface area contributed by atoms with Gasteiger partial charge in [0.1, 0.15) is 0 Å². The average Bonchev–Trinajstić information content (AvgIpc) is 3.35. The van der Waals surface area contributed by atoms with Crippen molar-refractivity contribution in [2.24, 2.45) is 34.1 Å². The number of nitrogens with zero attached hydrogens (tertiary/aromatic N) is 3. The summed E-state index contributed by atoms with van der Waals surface area (Å²) in [7, 11) is 0. The lowest BCUT2D eigenvalue weighted by molar-refractivity contribution is 0.130. The third kappa shape index (κ3) is 5.75. The average molecular weight is 456 g/mol. The van der Waals surface area contributed by atoms with Crippen molar-refractivity contribution in [3.05, 3.63) is 0 Å². The molecule has 0 aromatic rings. The van der Waals surface area contributed by atoms with Crippen LogP contribution in [-0.4, -0.2) is 47.5 Å². The van der Waals surface area contributed by atoms with E-state index < -0.39 is 0 Å². The maximum absolute atomic E-state index is 5.26. The van der Waals surface area contributed by atoms with Crippen molar-refractivity contribution in [3.8, 4) is 0 Å². The first-order valence-electron chi connectivity index (χ1n) is 15.0. The van der Waals surface area contributed by atoms with Crippen LogP contribution in [-0.2, 0) is 0 Å². The highest BCUT2D eigenvalue weighted by Gasteiger charge is 2.44. The molecule has 5 rings (SSSR count). The zero-order valence-corrected chi connectivity index (χ0v) is 22.2. The minimum Gasteiger partial charge on any atom is -0.338 e. The van der Waals surface area contributed by atoms with E-state index in [-0.39, 0.29) is 0 Å². The number of hydrogen-bond donors (Lipinski definition) is 0. The standard InChI is InChI=1S/C30H53N3/c1-30(2,3)26-16-14-25(15-17-26)21-32-28(19-24-12-8-5-9-13-24)22-33-27(20-31-29(32)33)18-23-10-6-4-7-11-23/h23-28H,4-22H2,1-3H3/t25?,26?,27-,28+/m1/s1. The molecular formula is C30H53N3. The lowest BCUT2D eigenvalue weighted by Crippen LogP contribution is -2.41. The summed E-state index contributed by atoms with van der Waals surface area (Å²) in [5.74, 6) is 5.18. The van der Waals surface area contributed by atoms with E-state index in [2.05, 4.69) is 30.6 Å². The number of rotatable bonds is 6. The SMILES string of the molecule is CC(C)(C)C1CCC(CN2C3=NC[C@@H](CC4CCCCC4)N3C[C@@H]2CC2CCCCC2)CC1. The molecule has 33 heavy (non-hydrogen) atoms. The minimum atomic E-state index is 0.487. The molecule has 0 radical (unpaired) electrons. The van der Waals surface area contributed by atoms with Crippen LogP contribution in [0.5, 0.6) is 0 Å². The minimum absolute atomic E-state index is 0.487. The van der Waals surface area contributed by atoms with Crippen LogP contribution in [0.1, 0.15) is 124 Å². The van der Waals surface area contributed by atoms with Gasteiger partial charge in [-0.15, -0.1) is 0 Å². The summed E-state index contributed by atoms with van der Waals surface area (Å²) in [5.41, 5.74) is 0.487. The zero-order valence-electron chi connectivity index (χ0n) is 22.2. The van der Waals surface area contributed by atoms with Crippen LogP contribution in [0.4, 0.5) is 0 Å². The second-order valence-corrected chi connectivity index (χ2v) is 13.8. The molecule has 5 aliphatic rings. The molecule has 188 valence electrons. The molecule has 1 saturated heterocycles. The van der Waals surface area contributed by atoms with Crippen molar-refractivity contribution in [1.82, 2.24) is 9.80 Å². The Bertz CT molecular complexity index is 644. The Morgan fingerprint density at radius 1 is 0.697 bits per heavy atom. The third-order valence-corrected chi connectivity index (χ3v) is 10.4. The largest absolute Gasteiger partial charge is 0.338 e. The summed E-state index contributed by atoms with van der Waals surface area (Å²) in [6, 6.07) is 1.44. The van der Waals surface area contributed by atoms with Crippen LogP contribution < -0.4 is 0 Å². The lowest BCUT2D eigenvalue weighted by atomic mass is 9.70. The maximum Gasteiger partial charge on any atom is 0.197 e. The third-order valence-electron chi connectivity index (χ3n) is 10.4. The van der Waals surface area contributed by atoms with Gasteiger partial charge in [-0.3, -0.25) is 4.99 Å². The first-order chi connectivity index (χ1) is 16.0. The molecule has 3 heteroatoms. The van der Waals surface area contributed by atoms with Crippen LogP contribution in [0.25, 0.3) is 0 Å². The van der Waals surface area contributed by atoms with Gasteiger partial charge in [0.2, 0.25) is 0 Å². The summed E-state index contributed by atoms with van der Waals surface area (Å²) in [6.45, 7) is 11.0. The molecule has 3 aliphatic carbocycles. The molecule has 0 spiro atoms. The van der Waals surface area contributed by atoms with E-state index >= 15 is 0 Å². The van der Waals surface area contributed by atoms with E-state index in [1.54, 1.807) is 0 Å². The monoisotopic (exact) mass is 455 g/mol. The van der Waals surface area contributed by atoms with Crippen molar-refractivity contribution >= 4 is 5.96 Å². The van der Waals surface area contributed by atoms with Crippen molar-refractivity contribution in [2.45, 2.75) is 136 Å². The predicted molar refractivity (Wildman–Crippen MR) is 141 cm³/mol. The molecule has 0 N–H and O–H groups in total. The fourth-order valence-electron chi connectivity index (χ4n) is 8.25. The molecule has 0 amide bonds. The molecule has 0 aromatic heterocycles. The van der Waals surface area contributed by atoms with Gasteiger partial charge in [-0.1, -0.05) is 85.0 Å². The Kier molecular flexibility index (Phi) is 7.62.